The molecule has 3 aromatic rings. The minimum Gasteiger partial charge on any atom is -0.487 e. The summed E-state index contributed by atoms with van der Waals surface area (Å²) in [6.07, 6.45) is 0.505. The zero-order chi connectivity index (χ0) is 19.5. The van der Waals surface area contributed by atoms with Crippen LogP contribution < -0.4 is 10.1 Å². The summed E-state index contributed by atoms with van der Waals surface area (Å²) >= 11 is 1.03. The van der Waals surface area contributed by atoms with Crippen molar-refractivity contribution in [3.05, 3.63) is 71.6 Å². The Morgan fingerprint density at radius 3 is 2.54 bits per heavy atom. The van der Waals surface area contributed by atoms with Crippen molar-refractivity contribution in [2.24, 2.45) is 0 Å². The molecular weight excluding hydrogens is 376 g/mol. The van der Waals surface area contributed by atoms with Gasteiger partial charge in [0.2, 0.25) is 11.8 Å². The number of aromatic nitrogens is 1. The molecule has 0 saturated carbocycles. The lowest BCUT2D eigenvalue weighted by Gasteiger charge is -2.08. The van der Waals surface area contributed by atoms with Crippen LogP contribution in [0.3, 0.4) is 0 Å². The first-order valence-electron chi connectivity index (χ1n) is 8.83. The zero-order valence-corrected chi connectivity index (χ0v) is 16.0. The van der Waals surface area contributed by atoms with Crippen LogP contribution in [0.5, 0.6) is 5.75 Å². The lowest BCUT2D eigenvalue weighted by atomic mass is 10.1. The van der Waals surface area contributed by atoms with E-state index in [1.807, 2.05) is 61.5 Å². The number of ether oxygens (including phenoxy) is 1. The smallest absolute Gasteiger partial charge is 0.286 e. The topological polar surface area (TPSA) is 81.4 Å². The van der Waals surface area contributed by atoms with E-state index in [0.29, 0.717) is 24.7 Å². The summed E-state index contributed by atoms with van der Waals surface area (Å²) in [4.78, 5) is 27.4. The second-order valence-electron chi connectivity index (χ2n) is 6.41. The Balaban J connectivity index is 1.37. The van der Waals surface area contributed by atoms with Gasteiger partial charge < -0.3 is 9.15 Å². The summed E-state index contributed by atoms with van der Waals surface area (Å²) in [6.45, 7) is 2.17. The van der Waals surface area contributed by atoms with Gasteiger partial charge >= 0.3 is 0 Å². The molecule has 1 aliphatic heterocycles. The van der Waals surface area contributed by atoms with Crippen LogP contribution in [0.25, 0.3) is 11.5 Å². The summed E-state index contributed by atoms with van der Waals surface area (Å²) in [7, 11) is 0. The molecule has 7 heteroatoms. The minimum atomic E-state index is -0.367. The molecule has 0 aliphatic carbocycles. The van der Waals surface area contributed by atoms with E-state index in [1.54, 1.807) is 0 Å². The predicted molar refractivity (Wildman–Crippen MR) is 106 cm³/mol. The number of aryl methyl sites for hydroxylation is 1. The highest BCUT2D eigenvalue weighted by atomic mass is 32.2. The first kappa shape index (κ1) is 18.3. The van der Waals surface area contributed by atoms with Crippen molar-refractivity contribution in [1.82, 2.24) is 10.3 Å². The Bertz CT molecular complexity index is 999. The number of nitrogens with one attached hydrogen (secondary N) is 1. The Labute approximate surface area is 166 Å². The summed E-state index contributed by atoms with van der Waals surface area (Å²) in [5.41, 5.74) is 2.65. The van der Waals surface area contributed by atoms with Gasteiger partial charge in [-0.3, -0.25) is 14.9 Å². The fourth-order valence-corrected chi connectivity index (χ4v) is 3.74. The number of nitrogens with zero attached hydrogens (tertiary/aromatic N) is 1. The predicted octanol–water partition coefficient (Wildman–Crippen LogP) is 4.12. The molecule has 2 aromatic carbocycles. The third-order valence-electron chi connectivity index (χ3n) is 4.40. The molecule has 1 fully saturated rings. The van der Waals surface area contributed by atoms with Crippen molar-refractivity contribution in [3.8, 4) is 17.2 Å². The van der Waals surface area contributed by atoms with Gasteiger partial charge in [0, 0.05) is 5.56 Å². The Morgan fingerprint density at radius 2 is 1.86 bits per heavy atom. The third kappa shape index (κ3) is 4.09. The third-order valence-corrected chi connectivity index (χ3v) is 5.38. The summed E-state index contributed by atoms with van der Waals surface area (Å²) in [5, 5.41) is 1.65. The molecule has 2 amide bonds. The van der Waals surface area contributed by atoms with Crippen molar-refractivity contribution >= 4 is 22.9 Å². The standard InChI is InChI=1S/C21H18N2O4S/c1-13-17(22-20(27-13)15-5-3-2-4-6-15)12-26-16-9-7-14(8-10-16)11-18-19(24)23-21(25)28-18/h2-10,18H,11-12H2,1H3,(H,23,24,25). The quantitative estimate of drug-likeness (QED) is 0.677. The van der Waals surface area contributed by atoms with Gasteiger partial charge in [0.25, 0.3) is 5.24 Å². The largest absolute Gasteiger partial charge is 0.487 e. The molecule has 1 saturated heterocycles. The number of rotatable bonds is 6. The van der Waals surface area contributed by atoms with Crippen molar-refractivity contribution < 1.29 is 18.7 Å². The Kier molecular flexibility index (Phi) is 5.16. The lowest BCUT2D eigenvalue weighted by molar-refractivity contribution is -0.118. The van der Waals surface area contributed by atoms with Crippen LogP contribution in [-0.4, -0.2) is 21.4 Å². The van der Waals surface area contributed by atoms with E-state index >= 15 is 0 Å². The first-order valence-corrected chi connectivity index (χ1v) is 9.71. The number of imide groups is 1. The van der Waals surface area contributed by atoms with Crippen LogP contribution in [-0.2, 0) is 17.8 Å². The van der Waals surface area contributed by atoms with Gasteiger partial charge in [0.05, 0.1) is 5.25 Å². The molecule has 0 bridgehead atoms. The van der Waals surface area contributed by atoms with Crippen molar-refractivity contribution in [2.45, 2.75) is 25.2 Å². The van der Waals surface area contributed by atoms with Crippen LogP contribution in [0.4, 0.5) is 4.79 Å². The number of benzene rings is 2. The molecule has 142 valence electrons. The van der Waals surface area contributed by atoms with E-state index in [-0.39, 0.29) is 16.4 Å². The van der Waals surface area contributed by atoms with E-state index in [9.17, 15) is 9.59 Å². The summed E-state index contributed by atoms with van der Waals surface area (Å²) < 4.78 is 11.6. The molecule has 1 atom stereocenters. The van der Waals surface area contributed by atoms with Crippen LogP contribution in [0, 0.1) is 6.92 Å². The highest BCUT2D eigenvalue weighted by molar-refractivity contribution is 8.15. The number of oxazole rings is 1. The van der Waals surface area contributed by atoms with Gasteiger partial charge in [-0.05, 0) is 43.2 Å². The maximum absolute atomic E-state index is 11.7. The van der Waals surface area contributed by atoms with Crippen molar-refractivity contribution in [3.63, 3.8) is 0 Å². The molecular formula is C21H18N2O4S. The van der Waals surface area contributed by atoms with Crippen molar-refractivity contribution in [1.29, 1.82) is 0 Å². The van der Waals surface area contributed by atoms with E-state index in [4.69, 9.17) is 9.15 Å². The average molecular weight is 394 g/mol. The minimum absolute atomic E-state index is 0.231. The van der Waals surface area contributed by atoms with Gasteiger partial charge in [0.15, 0.2) is 0 Å². The zero-order valence-electron chi connectivity index (χ0n) is 15.2. The maximum atomic E-state index is 11.7. The lowest BCUT2D eigenvalue weighted by Crippen LogP contribution is -2.25. The van der Waals surface area contributed by atoms with E-state index in [1.165, 1.54) is 0 Å². The number of hydrogen-bond donors (Lipinski definition) is 1. The first-order chi connectivity index (χ1) is 13.6. The number of thioether (sulfide) groups is 1. The molecule has 6 nitrogen and oxygen atoms in total. The SMILES string of the molecule is Cc1oc(-c2ccccc2)nc1COc1ccc(CC2SC(=O)NC2=O)cc1. The number of carbonyl (C=O) groups excluding carboxylic acids is 2. The Hall–Kier alpha value is -3.06. The second kappa shape index (κ2) is 7.90. The second-order valence-corrected chi connectivity index (χ2v) is 7.58. The molecule has 1 unspecified atom stereocenters. The molecule has 0 radical (unpaired) electrons. The molecule has 1 aromatic heterocycles. The van der Waals surface area contributed by atoms with Gasteiger partial charge in [-0.15, -0.1) is 0 Å². The van der Waals surface area contributed by atoms with E-state index in [2.05, 4.69) is 10.3 Å². The van der Waals surface area contributed by atoms with Crippen LogP contribution >= 0.6 is 11.8 Å². The van der Waals surface area contributed by atoms with Gasteiger partial charge in [0.1, 0.15) is 23.8 Å². The number of amides is 2. The monoisotopic (exact) mass is 394 g/mol. The highest BCUT2D eigenvalue weighted by Crippen LogP contribution is 2.25. The molecule has 0 spiro atoms. The number of hydrogen-bond acceptors (Lipinski definition) is 6. The average Bonchev–Trinajstić information content (AvgIpc) is 3.23. The molecule has 1 N–H and O–H groups in total. The van der Waals surface area contributed by atoms with E-state index in [0.717, 1.165) is 34.3 Å². The van der Waals surface area contributed by atoms with Crippen LogP contribution in [0.2, 0.25) is 0 Å². The highest BCUT2D eigenvalue weighted by Gasteiger charge is 2.31. The fourth-order valence-electron chi connectivity index (χ4n) is 2.88. The van der Waals surface area contributed by atoms with Gasteiger partial charge in [-0.25, -0.2) is 4.98 Å². The summed E-state index contributed by atoms with van der Waals surface area (Å²) in [5.74, 6) is 1.77. The molecule has 1 aliphatic rings. The van der Waals surface area contributed by atoms with Gasteiger partial charge in [-0.2, -0.15) is 0 Å². The van der Waals surface area contributed by atoms with Crippen LogP contribution in [0.1, 0.15) is 17.0 Å². The van der Waals surface area contributed by atoms with Crippen LogP contribution in [0.15, 0.2) is 59.0 Å². The normalized spacial score (nSPS) is 16.2. The maximum Gasteiger partial charge on any atom is 0.286 e. The fraction of sp³-hybridized carbons (Fsp3) is 0.190. The number of carbonyl (C=O) groups is 2. The summed E-state index contributed by atoms with van der Waals surface area (Å²) in [6, 6.07) is 17.2. The Morgan fingerprint density at radius 1 is 1.11 bits per heavy atom. The van der Waals surface area contributed by atoms with E-state index < -0.39 is 0 Å². The van der Waals surface area contributed by atoms with Gasteiger partial charge in [-0.1, -0.05) is 42.1 Å². The molecule has 2 heterocycles. The molecule has 4 rings (SSSR count). The molecule has 28 heavy (non-hydrogen) atoms. The van der Waals surface area contributed by atoms with Crippen molar-refractivity contribution in [2.75, 3.05) is 0 Å².